The number of ether oxygens (including phenoxy) is 1. The molecule has 0 unspecified atom stereocenters. The molecular formula is C21H20N2O5. The molecule has 4 rings (SSSR count). The number of aromatic nitrogens is 1. The number of Topliss-reactive ketones (excluding diaryl/α,β-unsaturated/α-hetero) is 1. The number of hydrogen-bond acceptors (Lipinski definition) is 5. The van der Waals surface area contributed by atoms with Crippen LogP contribution in [0.3, 0.4) is 0 Å². The van der Waals surface area contributed by atoms with Crippen LogP contribution in [0, 0.1) is 12.8 Å². The van der Waals surface area contributed by atoms with Crippen LogP contribution in [0.5, 0.6) is 0 Å². The highest BCUT2D eigenvalue weighted by Crippen LogP contribution is 2.24. The molecule has 3 aromatic rings. The number of aromatic amines is 1. The molecule has 1 aliphatic rings. The number of amides is 1. The van der Waals surface area contributed by atoms with Crippen molar-refractivity contribution in [1.29, 1.82) is 0 Å². The molecule has 1 aliphatic heterocycles. The van der Waals surface area contributed by atoms with Crippen LogP contribution in [0.2, 0.25) is 0 Å². The Morgan fingerprint density at radius 3 is 2.86 bits per heavy atom. The summed E-state index contributed by atoms with van der Waals surface area (Å²) in [6.07, 6.45) is 1.62. The molecule has 7 heteroatoms. The summed E-state index contributed by atoms with van der Waals surface area (Å²) in [6.45, 7) is 2.06. The van der Waals surface area contributed by atoms with Gasteiger partial charge in [-0.2, -0.15) is 0 Å². The Kier molecular flexibility index (Phi) is 4.73. The number of esters is 1. The van der Waals surface area contributed by atoms with Crippen molar-refractivity contribution in [1.82, 2.24) is 9.88 Å². The topological polar surface area (TPSA) is 92.6 Å². The summed E-state index contributed by atoms with van der Waals surface area (Å²) in [5.74, 6) is -0.829. The Morgan fingerprint density at radius 2 is 2.07 bits per heavy atom. The van der Waals surface area contributed by atoms with Gasteiger partial charge in [-0.25, -0.2) is 0 Å². The van der Waals surface area contributed by atoms with Gasteiger partial charge in [0, 0.05) is 35.1 Å². The number of hydrogen-bond donors (Lipinski definition) is 1. The molecule has 0 bridgehead atoms. The van der Waals surface area contributed by atoms with Crippen molar-refractivity contribution in [2.24, 2.45) is 5.92 Å². The van der Waals surface area contributed by atoms with E-state index in [0.717, 1.165) is 16.6 Å². The number of H-pyrrole nitrogens is 1. The Morgan fingerprint density at radius 1 is 1.25 bits per heavy atom. The van der Waals surface area contributed by atoms with Crippen molar-refractivity contribution in [2.75, 3.05) is 13.2 Å². The van der Waals surface area contributed by atoms with Gasteiger partial charge in [-0.1, -0.05) is 18.2 Å². The average molecular weight is 380 g/mol. The van der Waals surface area contributed by atoms with E-state index in [1.54, 1.807) is 23.3 Å². The molecule has 2 aromatic heterocycles. The number of carbonyl (C=O) groups excluding carboxylic acids is 3. The average Bonchev–Trinajstić information content (AvgIpc) is 3.39. The first-order chi connectivity index (χ1) is 13.5. The number of benzene rings is 1. The zero-order chi connectivity index (χ0) is 19.7. The number of ketones is 1. The van der Waals surface area contributed by atoms with Crippen molar-refractivity contribution < 1.29 is 23.5 Å². The lowest BCUT2D eigenvalue weighted by molar-refractivity contribution is -0.147. The van der Waals surface area contributed by atoms with E-state index < -0.39 is 11.9 Å². The summed E-state index contributed by atoms with van der Waals surface area (Å²) >= 11 is 0. The fourth-order valence-electron chi connectivity index (χ4n) is 3.64. The maximum Gasteiger partial charge on any atom is 0.311 e. The second-order valence-corrected chi connectivity index (χ2v) is 6.96. The zero-order valence-corrected chi connectivity index (χ0v) is 15.4. The van der Waals surface area contributed by atoms with Crippen molar-refractivity contribution in [3.05, 3.63) is 59.7 Å². The molecule has 0 aliphatic carbocycles. The first kappa shape index (κ1) is 18.0. The quantitative estimate of drug-likeness (QED) is 0.524. The lowest BCUT2D eigenvalue weighted by Gasteiger charge is -2.14. The van der Waals surface area contributed by atoms with Crippen LogP contribution in [0.15, 0.2) is 47.1 Å². The van der Waals surface area contributed by atoms with E-state index in [1.807, 2.05) is 31.2 Å². The first-order valence-electron chi connectivity index (χ1n) is 9.10. The van der Waals surface area contributed by atoms with Gasteiger partial charge >= 0.3 is 5.97 Å². The number of carbonyl (C=O) groups is 3. The Bertz CT molecular complexity index is 1030. The van der Waals surface area contributed by atoms with Crippen LogP contribution in [-0.4, -0.2) is 40.7 Å². The Balaban J connectivity index is 1.37. The third kappa shape index (κ3) is 3.43. The predicted octanol–water partition coefficient (Wildman–Crippen LogP) is 2.84. The van der Waals surface area contributed by atoms with Gasteiger partial charge in [0.25, 0.3) is 0 Å². The molecule has 1 fully saturated rings. The van der Waals surface area contributed by atoms with E-state index in [1.165, 1.54) is 0 Å². The van der Waals surface area contributed by atoms with Gasteiger partial charge in [0.1, 0.15) is 5.76 Å². The lowest BCUT2D eigenvalue weighted by Crippen LogP contribution is -2.27. The van der Waals surface area contributed by atoms with E-state index in [9.17, 15) is 14.4 Å². The van der Waals surface area contributed by atoms with Gasteiger partial charge in [0.05, 0.1) is 18.7 Å². The minimum atomic E-state index is -0.570. The van der Waals surface area contributed by atoms with Gasteiger partial charge in [0.15, 0.2) is 6.61 Å². The molecule has 1 amide bonds. The number of aryl methyl sites for hydroxylation is 1. The molecule has 0 radical (unpaired) electrons. The second kappa shape index (κ2) is 7.34. The molecular weight excluding hydrogens is 360 g/mol. The SMILES string of the molecule is Cc1[nH]c2ccccc2c1C(=O)COC(=O)[C@H]1CC(=O)N(Cc2ccco2)C1. The normalized spacial score (nSPS) is 16.7. The number of nitrogens with one attached hydrogen (secondary N) is 1. The van der Waals surface area contributed by atoms with Crippen LogP contribution < -0.4 is 0 Å². The van der Waals surface area contributed by atoms with Crippen LogP contribution in [-0.2, 0) is 20.9 Å². The van der Waals surface area contributed by atoms with Gasteiger partial charge < -0.3 is 19.0 Å². The van der Waals surface area contributed by atoms with E-state index in [0.29, 0.717) is 17.9 Å². The summed E-state index contributed by atoms with van der Waals surface area (Å²) in [6, 6.07) is 11.0. The highest BCUT2D eigenvalue weighted by Gasteiger charge is 2.36. The fraction of sp³-hybridized carbons (Fsp3) is 0.286. The van der Waals surface area contributed by atoms with E-state index >= 15 is 0 Å². The monoisotopic (exact) mass is 380 g/mol. The molecule has 28 heavy (non-hydrogen) atoms. The summed E-state index contributed by atoms with van der Waals surface area (Å²) in [5.41, 5.74) is 2.14. The first-order valence-corrected chi connectivity index (χ1v) is 9.10. The minimum absolute atomic E-state index is 0.0832. The number of fused-ring (bicyclic) bond motifs is 1. The van der Waals surface area contributed by atoms with Gasteiger partial charge in [-0.05, 0) is 25.1 Å². The van der Waals surface area contributed by atoms with Gasteiger partial charge in [0.2, 0.25) is 11.7 Å². The molecule has 1 saturated heterocycles. The Labute approximate surface area is 161 Å². The maximum absolute atomic E-state index is 12.6. The van der Waals surface area contributed by atoms with Crippen LogP contribution >= 0.6 is 0 Å². The number of rotatable bonds is 6. The largest absolute Gasteiger partial charge is 0.467 e. The Hall–Kier alpha value is -3.35. The molecule has 3 heterocycles. The van der Waals surface area contributed by atoms with Gasteiger partial charge in [-0.3, -0.25) is 14.4 Å². The summed E-state index contributed by atoms with van der Waals surface area (Å²) in [5, 5.41) is 0.807. The van der Waals surface area contributed by atoms with Crippen LogP contribution in [0.1, 0.15) is 28.2 Å². The van der Waals surface area contributed by atoms with Crippen LogP contribution in [0.4, 0.5) is 0 Å². The van der Waals surface area contributed by atoms with Crippen molar-refractivity contribution in [3.63, 3.8) is 0 Å². The van der Waals surface area contributed by atoms with Gasteiger partial charge in [-0.15, -0.1) is 0 Å². The molecule has 1 atom stereocenters. The molecule has 1 aromatic carbocycles. The van der Waals surface area contributed by atoms with E-state index in [-0.39, 0.29) is 31.3 Å². The molecule has 144 valence electrons. The lowest BCUT2D eigenvalue weighted by atomic mass is 10.1. The second-order valence-electron chi connectivity index (χ2n) is 6.96. The van der Waals surface area contributed by atoms with Crippen molar-refractivity contribution in [3.8, 4) is 0 Å². The van der Waals surface area contributed by atoms with Crippen LogP contribution in [0.25, 0.3) is 10.9 Å². The van der Waals surface area contributed by atoms with E-state index in [2.05, 4.69) is 4.98 Å². The third-order valence-electron chi connectivity index (χ3n) is 4.99. The number of para-hydroxylation sites is 1. The molecule has 0 spiro atoms. The maximum atomic E-state index is 12.6. The summed E-state index contributed by atoms with van der Waals surface area (Å²) < 4.78 is 10.5. The number of furan rings is 1. The zero-order valence-electron chi connectivity index (χ0n) is 15.4. The number of nitrogens with zero attached hydrogens (tertiary/aromatic N) is 1. The third-order valence-corrected chi connectivity index (χ3v) is 4.99. The van der Waals surface area contributed by atoms with Crippen molar-refractivity contribution in [2.45, 2.75) is 19.9 Å². The predicted molar refractivity (Wildman–Crippen MR) is 101 cm³/mol. The smallest absolute Gasteiger partial charge is 0.311 e. The van der Waals surface area contributed by atoms with E-state index in [4.69, 9.17) is 9.15 Å². The minimum Gasteiger partial charge on any atom is -0.467 e. The summed E-state index contributed by atoms with van der Waals surface area (Å²) in [7, 11) is 0. The van der Waals surface area contributed by atoms with Crippen molar-refractivity contribution >= 4 is 28.6 Å². The standard InChI is InChI=1S/C21H20N2O5/c1-13-20(16-6-2-3-7-17(16)22-13)18(24)12-28-21(26)14-9-19(25)23(10-14)11-15-5-4-8-27-15/h2-8,14,22H,9-12H2,1H3/t14-/m0/s1. The highest BCUT2D eigenvalue weighted by atomic mass is 16.5. The molecule has 7 nitrogen and oxygen atoms in total. The fourth-order valence-corrected chi connectivity index (χ4v) is 3.64. The highest BCUT2D eigenvalue weighted by molar-refractivity contribution is 6.10. The molecule has 1 N–H and O–H groups in total. The number of likely N-dealkylation sites (tertiary alicyclic amines) is 1. The summed E-state index contributed by atoms with van der Waals surface area (Å²) in [4.78, 5) is 41.9. The molecule has 0 saturated carbocycles.